The van der Waals surface area contributed by atoms with Crippen molar-refractivity contribution >= 4 is 5.91 Å². The van der Waals surface area contributed by atoms with Gasteiger partial charge in [-0.05, 0) is 18.9 Å². The summed E-state index contributed by atoms with van der Waals surface area (Å²) in [6.45, 7) is 2.38. The highest BCUT2D eigenvalue weighted by molar-refractivity contribution is 5.78. The van der Waals surface area contributed by atoms with Crippen LogP contribution in [0.1, 0.15) is 13.3 Å². The largest absolute Gasteiger partial charge is 0.401 e. The Bertz CT molecular complexity index is 283. The lowest BCUT2D eigenvalue weighted by Gasteiger charge is -2.18. The molecule has 1 rings (SSSR count). The zero-order valence-corrected chi connectivity index (χ0v) is 10.5. The van der Waals surface area contributed by atoms with Gasteiger partial charge in [-0.3, -0.25) is 9.69 Å². The highest BCUT2D eigenvalue weighted by Crippen LogP contribution is 2.22. The summed E-state index contributed by atoms with van der Waals surface area (Å²) in [7, 11) is 0. The van der Waals surface area contributed by atoms with Gasteiger partial charge in [-0.1, -0.05) is 6.92 Å². The summed E-state index contributed by atoms with van der Waals surface area (Å²) in [5.41, 5.74) is 5.35. The molecule has 0 aromatic carbocycles. The number of nitrogens with two attached hydrogens (primary N) is 1. The van der Waals surface area contributed by atoms with Crippen molar-refractivity contribution in [3.8, 4) is 0 Å². The van der Waals surface area contributed by atoms with Crippen LogP contribution in [0.15, 0.2) is 0 Å². The first-order valence-corrected chi connectivity index (χ1v) is 6.08. The van der Waals surface area contributed by atoms with Crippen molar-refractivity contribution < 1.29 is 18.0 Å². The van der Waals surface area contributed by atoms with E-state index in [4.69, 9.17) is 5.73 Å². The average molecular weight is 267 g/mol. The fourth-order valence-electron chi connectivity index (χ4n) is 2.00. The maximum Gasteiger partial charge on any atom is 0.401 e. The number of carbonyl (C=O) groups is 1. The van der Waals surface area contributed by atoms with Crippen LogP contribution in [0, 0.1) is 11.8 Å². The molecule has 0 spiro atoms. The smallest absolute Gasteiger partial charge is 0.356 e. The fourth-order valence-corrected chi connectivity index (χ4v) is 2.00. The van der Waals surface area contributed by atoms with Gasteiger partial charge in [-0.15, -0.1) is 0 Å². The minimum Gasteiger partial charge on any atom is -0.356 e. The first kappa shape index (κ1) is 15.2. The van der Waals surface area contributed by atoms with Crippen molar-refractivity contribution in [1.82, 2.24) is 10.2 Å². The second-order valence-corrected chi connectivity index (χ2v) is 4.89. The summed E-state index contributed by atoms with van der Waals surface area (Å²) in [4.78, 5) is 12.8. The highest BCUT2D eigenvalue weighted by Gasteiger charge is 2.34. The van der Waals surface area contributed by atoms with Crippen molar-refractivity contribution in [2.75, 3.05) is 32.7 Å². The van der Waals surface area contributed by atoms with Crippen molar-refractivity contribution in [1.29, 1.82) is 0 Å². The van der Waals surface area contributed by atoms with Crippen molar-refractivity contribution in [3.63, 3.8) is 0 Å². The van der Waals surface area contributed by atoms with Crippen molar-refractivity contribution in [3.05, 3.63) is 0 Å². The predicted octanol–water partition coefficient (Wildman–Crippen LogP) is 0.582. The molecule has 1 amide bonds. The van der Waals surface area contributed by atoms with Crippen LogP contribution >= 0.6 is 0 Å². The van der Waals surface area contributed by atoms with Crippen LogP contribution in [0.3, 0.4) is 0 Å². The fraction of sp³-hybridized carbons (Fsp3) is 0.909. The van der Waals surface area contributed by atoms with Crippen LogP contribution in [-0.4, -0.2) is 49.7 Å². The number of carbonyl (C=O) groups excluding carboxylic acids is 1. The molecule has 2 atom stereocenters. The molecule has 1 aliphatic rings. The summed E-state index contributed by atoms with van der Waals surface area (Å²) < 4.78 is 36.5. The molecule has 3 N–H and O–H groups in total. The Hall–Kier alpha value is -0.820. The second-order valence-electron chi connectivity index (χ2n) is 4.89. The summed E-state index contributed by atoms with van der Waals surface area (Å²) in [6.07, 6.45) is -3.46. The molecule has 0 radical (unpaired) electrons. The molecule has 106 valence electrons. The third kappa shape index (κ3) is 5.22. The molecule has 0 aromatic heterocycles. The monoisotopic (exact) mass is 267 g/mol. The number of nitrogens with zero attached hydrogens (tertiary/aromatic N) is 1. The zero-order chi connectivity index (χ0) is 13.8. The molecule has 0 saturated carbocycles. The van der Waals surface area contributed by atoms with Gasteiger partial charge in [0.05, 0.1) is 6.54 Å². The van der Waals surface area contributed by atoms with E-state index in [0.29, 0.717) is 26.1 Å². The lowest BCUT2D eigenvalue weighted by atomic mass is 10.1. The zero-order valence-electron chi connectivity index (χ0n) is 10.5. The first-order chi connectivity index (χ1) is 8.31. The topological polar surface area (TPSA) is 58.4 Å². The molecule has 0 aliphatic carbocycles. The minimum atomic E-state index is -4.15. The molecule has 0 aromatic rings. The number of nitrogens with one attached hydrogen (secondary N) is 1. The molecular weight excluding hydrogens is 247 g/mol. The van der Waals surface area contributed by atoms with E-state index in [2.05, 4.69) is 5.32 Å². The third-order valence-electron chi connectivity index (χ3n) is 3.14. The molecule has 1 saturated heterocycles. The molecular formula is C11H20F3N3O. The normalized spacial score (nSPS) is 23.1. The van der Waals surface area contributed by atoms with E-state index < -0.39 is 12.7 Å². The number of amides is 1. The van der Waals surface area contributed by atoms with Crippen LogP contribution in [-0.2, 0) is 4.79 Å². The van der Waals surface area contributed by atoms with Gasteiger partial charge in [-0.2, -0.15) is 13.2 Å². The number of hydrogen-bond acceptors (Lipinski definition) is 3. The Kier molecular flexibility index (Phi) is 5.40. The molecule has 1 heterocycles. The Labute approximate surface area is 105 Å². The number of likely N-dealkylation sites (tertiary alicyclic amines) is 1. The van der Waals surface area contributed by atoms with Gasteiger partial charge in [-0.25, -0.2) is 0 Å². The molecule has 1 fully saturated rings. The Balaban J connectivity index is 2.25. The number of halogens is 3. The third-order valence-corrected chi connectivity index (χ3v) is 3.14. The van der Waals surface area contributed by atoms with Crippen molar-refractivity contribution in [2.45, 2.75) is 19.5 Å². The quantitative estimate of drug-likeness (QED) is 0.766. The van der Waals surface area contributed by atoms with E-state index in [1.54, 1.807) is 6.92 Å². The van der Waals surface area contributed by atoms with E-state index in [9.17, 15) is 18.0 Å². The molecule has 2 unspecified atom stereocenters. The van der Waals surface area contributed by atoms with E-state index in [0.717, 1.165) is 0 Å². The molecule has 0 bridgehead atoms. The summed E-state index contributed by atoms with van der Waals surface area (Å²) in [6, 6.07) is 0. The number of hydrogen-bond donors (Lipinski definition) is 2. The van der Waals surface area contributed by atoms with Gasteiger partial charge in [0.15, 0.2) is 0 Å². The summed E-state index contributed by atoms with van der Waals surface area (Å²) in [5.74, 6) is -0.286. The van der Waals surface area contributed by atoms with Crippen molar-refractivity contribution in [2.24, 2.45) is 17.6 Å². The predicted molar refractivity (Wildman–Crippen MR) is 61.8 cm³/mol. The van der Waals surface area contributed by atoms with E-state index in [-0.39, 0.29) is 24.3 Å². The maximum atomic E-state index is 12.2. The Morgan fingerprint density at radius 3 is 2.78 bits per heavy atom. The summed E-state index contributed by atoms with van der Waals surface area (Å²) >= 11 is 0. The number of rotatable bonds is 5. The number of alkyl halides is 3. The van der Waals surface area contributed by atoms with Gasteiger partial charge in [0.25, 0.3) is 0 Å². The molecule has 18 heavy (non-hydrogen) atoms. The van der Waals surface area contributed by atoms with Crippen LogP contribution in [0.25, 0.3) is 0 Å². The first-order valence-electron chi connectivity index (χ1n) is 6.08. The Morgan fingerprint density at radius 2 is 2.22 bits per heavy atom. The molecule has 7 heteroatoms. The second kappa shape index (κ2) is 6.38. The Morgan fingerprint density at radius 1 is 1.56 bits per heavy atom. The standard InChI is InChI=1S/C11H20F3N3O/c1-8(4-15)10(18)16-5-9-2-3-17(6-9)7-11(12,13)14/h8-9H,2-7,15H2,1H3,(H,16,18). The van der Waals surface area contributed by atoms with Gasteiger partial charge in [0, 0.05) is 25.6 Å². The van der Waals surface area contributed by atoms with Gasteiger partial charge in [0.2, 0.25) is 5.91 Å². The van der Waals surface area contributed by atoms with Gasteiger partial charge < -0.3 is 11.1 Å². The lowest BCUT2D eigenvalue weighted by Crippen LogP contribution is -2.37. The van der Waals surface area contributed by atoms with Gasteiger partial charge in [0.1, 0.15) is 0 Å². The molecule has 4 nitrogen and oxygen atoms in total. The van der Waals surface area contributed by atoms with Gasteiger partial charge >= 0.3 is 6.18 Å². The van der Waals surface area contributed by atoms with E-state index in [1.807, 2.05) is 0 Å². The SMILES string of the molecule is CC(CN)C(=O)NCC1CCN(CC(F)(F)F)C1. The van der Waals surface area contributed by atoms with Crippen LogP contribution in [0.4, 0.5) is 13.2 Å². The van der Waals surface area contributed by atoms with E-state index >= 15 is 0 Å². The lowest BCUT2D eigenvalue weighted by molar-refractivity contribution is -0.143. The maximum absolute atomic E-state index is 12.2. The summed E-state index contributed by atoms with van der Waals surface area (Å²) in [5, 5.41) is 2.73. The molecule has 1 aliphatic heterocycles. The minimum absolute atomic E-state index is 0.0984. The van der Waals surface area contributed by atoms with Crippen LogP contribution < -0.4 is 11.1 Å². The van der Waals surface area contributed by atoms with Crippen LogP contribution in [0.5, 0.6) is 0 Å². The highest BCUT2D eigenvalue weighted by atomic mass is 19.4. The average Bonchev–Trinajstić information content (AvgIpc) is 2.69. The van der Waals surface area contributed by atoms with E-state index in [1.165, 1.54) is 4.90 Å². The van der Waals surface area contributed by atoms with Crippen LogP contribution in [0.2, 0.25) is 0 Å².